The number of hydrogen-bond acceptors (Lipinski definition) is 6. The second kappa shape index (κ2) is 5.55. The monoisotopic (exact) mass is 243 g/mol. The van der Waals surface area contributed by atoms with Gasteiger partial charge in [0.25, 0.3) is 0 Å². The standard InChI is InChI=1S/C10H13NO6/c1-2-3-11-7(13)4-10(16-6-12)5-8(14)17-9(10)15/h2,12H,1,3-6H2,(H,11,13). The van der Waals surface area contributed by atoms with Gasteiger partial charge < -0.3 is 19.9 Å². The smallest absolute Gasteiger partial charge is 0.347 e. The normalized spacial score (nSPS) is 23.4. The Balaban J connectivity index is 2.72. The van der Waals surface area contributed by atoms with E-state index in [0.717, 1.165) is 0 Å². The van der Waals surface area contributed by atoms with E-state index in [1.165, 1.54) is 6.08 Å². The van der Waals surface area contributed by atoms with Gasteiger partial charge in [-0.1, -0.05) is 6.08 Å². The van der Waals surface area contributed by atoms with E-state index in [1.807, 2.05) is 0 Å². The van der Waals surface area contributed by atoms with Crippen molar-refractivity contribution in [3.8, 4) is 0 Å². The van der Waals surface area contributed by atoms with Crippen molar-refractivity contribution in [3.05, 3.63) is 12.7 Å². The van der Waals surface area contributed by atoms with Gasteiger partial charge in [0.05, 0.1) is 12.8 Å². The largest absolute Gasteiger partial charge is 0.391 e. The van der Waals surface area contributed by atoms with Crippen LogP contribution in [0.4, 0.5) is 0 Å². The van der Waals surface area contributed by atoms with Gasteiger partial charge in [0.2, 0.25) is 5.91 Å². The molecule has 1 fully saturated rings. The summed E-state index contributed by atoms with van der Waals surface area (Å²) in [6.07, 6.45) is 0.704. The van der Waals surface area contributed by atoms with E-state index in [-0.39, 0.29) is 19.4 Å². The number of carbonyl (C=O) groups is 3. The van der Waals surface area contributed by atoms with Crippen LogP contribution in [0.25, 0.3) is 0 Å². The number of ether oxygens (including phenoxy) is 2. The first-order valence-corrected chi connectivity index (χ1v) is 4.91. The molecule has 1 heterocycles. The minimum absolute atomic E-state index is 0.233. The number of aliphatic hydroxyl groups excluding tert-OH is 1. The summed E-state index contributed by atoms with van der Waals surface area (Å²) >= 11 is 0. The molecule has 0 aliphatic carbocycles. The van der Waals surface area contributed by atoms with E-state index in [4.69, 9.17) is 9.84 Å². The van der Waals surface area contributed by atoms with E-state index in [2.05, 4.69) is 16.6 Å². The molecule has 0 aromatic rings. The second-order valence-electron chi connectivity index (χ2n) is 3.48. The van der Waals surface area contributed by atoms with Crippen molar-refractivity contribution < 1.29 is 29.0 Å². The summed E-state index contributed by atoms with van der Waals surface area (Å²) in [4.78, 5) is 33.9. The Labute approximate surface area is 97.4 Å². The van der Waals surface area contributed by atoms with Crippen LogP contribution in [0.2, 0.25) is 0 Å². The van der Waals surface area contributed by atoms with Gasteiger partial charge >= 0.3 is 11.9 Å². The molecule has 0 aromatic heterocycles. The van der Waals surface area contributed by atoms with Crippen molar-refractivity contribution in [1.29, 1.82) is 0 Å². The number of carbonyl (C=O) groups excluding carboxylic acids is 3. The summed E-state index contributed by atoms with van der Waals surface area (Å²) in [5.74, 6) is -2.23. The molecule has 7 heteroatoms. The van der Waals surface area contributed by atoms with Crippen molar-refractivity contribution in [1.82, 2.24) is 5.32 Å². The zero-order valence-electron chi connectivity index (χ0n) is 9.10. The van der Waals surface area contributed by atoms with Crippen LogP contribution in [0.5, 0.6) is 0 Å². The lowest BCUT2D eigenvalue weighted by Crippen LogP contribution is -2.43. The number of cyclic esters (lactones) is 2. The molecule has 1 unspecified atom stereocenters. The minimum Gasteiger partial charge on any atom is -0.391 e. The number of aliphatic hydroxyl groups is 1. The third-order valence-electron chi connectivity index (χ3n) is 2.24. The molecule has 0 saturated carbocycles. The van der Waals surface area contributed by atoms with Gasteiger partial charge in [-0.25, -0.2) is 4.79 Å². The highest BCUT2D eigenvalue weighted by atomic mass is 16.7. The van der Waals surface area contributed by atoms with Crippen molar-refractivity contribution in [2.45, 2.75) is 18.4 Å². The van der Waals surface area contributed by atoms with Gasteiger partial charge in [0, 0.05) is 6.54 Å². The first-order chi connectivity index (χ1) is 8.04. The Hall–Kier alpha value is -1.73. The predicted molar refractivity (Wildman–Crippen MR) is 54.4 cm³/mol. The number of hydrogen-bond donors (Lipinski definition) is 2. The van der Waals surface area contributed by atoms with Gasteiger partial charge in [-0.05, 0) is 0 Å². The Morgan fingerprint density at radius 1 is 1.65 bits per heavy atom. The van der Waals surface area contributed by atoms with Crippen LogP contribution in [0.3, 0.4) is 0 Å². The van der Waals surface area contributed by atoms with Crippen molar-refractivity contribution >= 4 is 17.8 Å². The molecule has 7 nitrogen and oxygen atoms in total. The molecular formula is C10H13NO6. The Morgan fingerprint density at radius 2 is 2.35 bits per heavy atom. The molecule has 0 bridgehead atoms. The topological polar surface area (TPSA) is 102 Å². The fourth-order valence-corrected chi connectivity index (χ4v) is 1.46. The molecule has 1 amide bonds. The molecule has 1 atom stereocenters. The SMILES string of the molecule is C=CCNC(=O)CC1(OCO)CC(=O)OC1=O. The van der Waals surface area contributed by atoms with Crippen LogP contribution >= 0.6 is 0 Å². The highest BCUT2D eigenvalue weighted by Gasteiger charge is 2.51. The molecule has 2 N–H and O–H groups in total. The van der Waals surface area contributed by atoms with E-state index in [0.29, 0.717) is 0 Å². The van der Waals surface area contributed by atoms with Gasteiger partial charge in [0.15, 0.2) is 5.60 Å². The third kappa shape index (κ3) is 3.11. The maximum absolute atomic E-state index is 11.5. The average molecular weight is 243 g/mol. The zero-order chi connectivity index (χ0) is 12.9. The summed E-state index contributed by atoms with van der Waals surface area (Å²) in [6.45, 7) is 2.87. The van der Waals surface area contributed by atoms with Crippen molar-refractivity contribution in [3.63, 3.8) is 0 Å². The van der Waals surface area contributed by atoms with Gasteiger partial charge in [-0.3, -0.25) is 9.59 Å². The Kier molecular flexibility index (Phi) is 4.36. The lowest BCUT2D eigenvalue weighted by molar-refractivity contribution is -0.173. The van der Waals surface area contributed by atoms with E-state index in [9.17, 15) is 14.4 Å². The van der Waals surface area contributed by atoms with Crippen LogP contribution in [0.15, 0.2) is 12.7 Å². The fraction of sp³-hybridized carbons (Fsp3) is 0.500. The van der Waals surface area contributed by atoms with Crippen LogP contribution < -0.4 is 5.32 Å². The summed E-state index contributed by atoms with van der Waals surface area (Å²) in [5.41, 5.74) is -1.71. The molecule has 1 rings (SSSR count). The first-order valence-electron chi connectivity index (χ1n) is 4.91. The Bertz CT molecular complexity index is 353. The van der Waals surface area contributed by atoms with Gasteiger partial charge in [-0.2, -0.15) is 0 Å². The summed E-state index contributed by atoms with van der Waals surface area (Å²) in [7, 11) is 0. The molecular weight excluding hydrogens is 230 g/mol. The number of nitrogens with one attached hydrogen (secondary N) is 1. The van der Waals surface area contributed by atoms with E-state index >= 15 is 0 Å². The van der Waals surface area contributed by atoms with Crippen molar-refractivity contribution in [2.24, 2.45) is 0 Å². The third-order valence-corrected chi connectivity index (χ3v) is 2.24. The van der Waals surface area contributed by atoms with E-state index in [1.54, 1.807) is 0 Å². The highest BCUT2D eigenvalue weighted by molar-refractivity contribution is 6.02. The van der Waals surface area contributed by atoms with Gasteiger partial charge in [-0.15, -0.1) is 6.58 Å². The quantitative estimate of drug-likeness (QED) is 0.264. The number of rotatable bonds is 6. The number of amides is 1. The lowest BCUT2D eigenvalue weighted by atomic mass is 9.97. The van der Waals surface area contributed by atoms with Gasteiger partial charge in [0.1, 0.15) is 6.79 Å². The summed E-state index contributed by atoms with van der Waals surface area (Å²) in [5, 5.41) is 11.1. The molecule has 94 valence electrons. The fourth-order valence-electron chi connectivity index (χ4n) is 1.46. The predicted octanol–water partition coefficient (Wildman–Crippen LogP) is -1.14. The summed E-state index contributed by atoms with van der Waals surface area (Å²) in [6, 6.07) is 0. The zero-order valence-corrected chi connectivity index (χ0v) is 9.10. The maximum Gasteiger partial charge on any atom is 0.347 e. The molecule has 1 saturated heterocycles. The number of esters is 2. The van der Waals surface area contributed by atoms with Crippen molar-refractivity contribution in [2.75, 3.05) is 13.3 Å². The molecule has 0 radical (unpaired) electrons. The lowest BCUT2D eigenvalue weighted by Gasteiger charge is -2.21. The molecule has 1 aliphatic heterocycles. The first kappa shape index (κ1) is 13.3. The van der Waals surface area contributed by atoms with Crippen LogP contribution in [0, 0.1) is 0 Å². The van der Waals surface area contributed by atoms with Crippen LogP contribution in [-0.4, -0.2) is 41.9 Å². The van der Waals surface area contributed by atoms with E-state index < -0.39 is 30.2 Å². The highest BCUT2D eigenvalue weighted by Crippen LogP contribution is 2.29. The molecule has 17 heavy (non-hydrogen) atoms. The van der Waals surface area contributed by atoms with Crippen LogP contribution in [0.1, 0.15) is 12.8 Å². The van der Waals surface area contributed by atoms with Crippen LogP contribution in [-0.2, 0) is 23.9 Å². The molecule has 0 spiro atoms. The molecule has 0 aromatic carbocycles. The minimum atomic E-state index is -1.71. The Morgan fingerprint density at radius 3 is 2.82 bits per heavy atom. The average Bonchev–Trinajstić information content (AvgIpc) is 2.51. The summed E-state index contributed by atoms with van der Waals surface area (Å²) < 4.78 is 9.12. The maximum atomic E-state index is 11.5. The molecule has 1 aliphatic rings. The second-order valence-corrected chi connectivity index (χ2v) is 3.48.